The number of halogens is 15. The van der Waals surface area contributed by atoms with Crippen LogP contribution in [0.3, 0.4) is 0 Å². The molecule has 0 rings (SSSR count). The first-order valence-corrected chi connectivity index (χ1v) is 8.68. The van der Waals surface area contributed by atoms with Gasteiger partial charge in [0.15, 0.2) is 0 Å². The molecule has 0 saturated heterocycles. The summed E-state index contributed by atoms with van der Waals surface area (Å²) in [6, 6.07) is 0. The van der Waals surface area contributed by atoms with E-state index in [0.717, 1.165) is 0 Å². The van der Waals surface area contributed by atoms with Crippen LogP contribution in [-0.2, 0) is 9.53 Å². The van der Waals surface area contributed by atoms with Crippen LogP contribution >= 0.6 is 0 Å². The number of alkyl halides is 15. The van der Waals surface area contributed by atoms with Crippen LogP contribution in [-0.4, -0.2) is 54.8 Å². The summed E-state index contributed by atoms with van der Waals surface area (Å²) in [4.78, 5) is 11.6. The molecule has 33 heavy (non-hydrogen) atoms. The summed E-state index contributed by atoms with van der Waals surface area (Å²) in [5.74, 6) is -44.8. The topological polar surface area (TPSA) is 26.3 Å². The number of ether oxygens (including phenoxy) is 1. The molecular weight excluding hydrogens is 509 g/mol. The molecule has 1 unspecified atom stereocenters. The van der Waals surface area contributed by atoms with Gasteiger partial charge in [0.2, 0.25) is 0 Å². The zero-order chi connectivity index (χ0) is 27.1. The monoisotopic (exact) mass is 526 g/mol. The molecule has 0 saturated carbocycles. The van der Waals surface area contributed by atoms with Gasteiger partial charge in [-0.15, -0.1) is 0 Å². The Kier molecular flexibility index (Phi) is 8.78. The smallest absolute Gasteiger partial charge is 0.397 e. The maximum atomic E-state index is 13.9. The average molecular weight is 526 g/mol. The highest BCUT2D eigenvalue weighted by Crippen LogP contribution is 2.61. The molecule has 0 heterocycles. The largest absolute Gasteiger partial charge is 0.465 e. The zero-order valence-electron chi connectivity index (χ0n) is 16.8. The fraction of sp³-hybridized carbons (Fsp3) is 0.938. The Morgan fingerprint density at radius 3 is 1.45 bits per heavy atom. The van der Waals surface area contributed by atoms with Crippen LogP contribution in [0.1, 0.15) is 33.6 Å². The highest BCUT2D eigenvalue weighted by atomic mass is 19.4. The van der Waals surface area contributed by atoms with E-state index in [4.69, 9.17) is 0 Å². The van der Waals surface area contributed by atoms with Crippen molar-refractivity contribution in [3.8, 4) is 0 Å². The molecule has 0 amide bonds. The molecule has 0 aromatic heterocycles. The van der Waals surface area contributed by atoms with E-state index in [-0.39, 0.29) is 6.42 Å². The van der Waals surface area contributed by atoms with Crippen LogP contribution in [0.2, 0.25) is 0 Å². The van der Waals surface area contributed by atoms with Crippen LogP contribution in [0.25, 0.3) is 0 Å². The average Bonchev–Trinajstić information content (AvgIpc) is 2.62. The molecule has 0 fully saturated rings. The number of carbonyl (C=O) groups excluding carboxylic acids is 1. The molecule has 2 nitrogen and oxygen atoms in total. The lowest BCUT2D eigenvalue weighted by molar-refractivity contribution is -0.427. The van der Waals surface area contributed by atoms with Crippen molar-refractivity contribution < 1.29 is 75.4 Å². The van der Waals surface area contributed by atoms with Gasteiger partial charge in [-0.1, -0.05) is 6.92 Å². The third kappa shape index (κ3) is 5.41. The molecule has 0 aliphatic carbocycles. The molecule has 1 atom stereocenters. The summed E-state index contributed by atoms with van der Waals surface area (Å²) < 4.78 is 201. The Balaban J connectivity index is 6.23. The normalized spacial score (nSPS) is 16.2. The minimum Gasteiger partial charge on any atom is -0.465 e. The van der Waals surface area contributed by atoms with Gasteiger partial charge in [0.05, 0.1) is 12.0 Å². The molecule has 0 N–H and O–H groups in total. The number of hydrogen-bond acceptors (Lipinski definition) is 2. The van der Waals surface area contributed by atoms with Crippen LogP contribution in [0.15, 0.2) is 0 Å². The first kappa shape index (κ1) is 31.4. The van der Waals surface area contributed by atoms with E-state index in [0.29, 0.717) is 0 Å². The highest BCUT2D eigenvalue weighted by Gasteiger charge is 2.89. The second-order valence-electron chi connectivity index (χ2n) is 7.53. The number of esters is 1. The summed E-state index contributed by atoms with van der Waals surface area (Å²) in [5, 5.41) is 0. The SMILES string of the molecule is CCC(C)(C)C(=O)OCCC(C(F)(F)F)C(F)(F)C(F)(F)C(F)(F)C(F)(F)C(F)(F)C(F)F. The van der Waals surface area contributed by atoms with E-state index in [1.165, 1.54) is 20.8 Å². The van der Waals surface area contributed by atoms with Crippen molar-refractivity contribution in [2.75, 3.05) is 6.61 Å². The quantitative estimate of drug-likeness (QED) is 0.215. The van der Waals surface area contributed by atoms with Crippen molar-refractivity contribution in [3.63, 3.8) is 0 Å². The molecular formula is C16H17F15O2. The first-order valence-electron chi connectivity index (χ1n) is 8.68. The van der Waals surface area contributed by atoms with E-state index in [1.54, 1.807) is 0 Å². The standard InChI is InChI=1S/C16H17F15O2/c1-4-10(2,3)9(32)33-6-5-7(13(23,24)25)11(19,20)14(26,27)16(30,31)15(28,29)12(21,22)8(17)18/h7-8H,4-6H2,1-3H3. The third-order valence-electron chi connectivity index (χ3n) is 4.81. The van der Waals surface area contributed by atoms with Crippen LogP contribution < -0.4 is 0 Å². The number of carbonyl (C=O) groups is 1. The summed E-state index contributed by atoms with van der Waals surface area (Å²) >= 11 is 0. The molecule has 0 bridgehead atoms. The van der Waals surface area contributed by atoms with Gasteiger partial charge in [-0.05, 0) is 26.7 Å². The van der Waals surface area contributed by atoms with E-state index in [9.17, 15) is 70.7 Å². The van der Waals surface area contributed by atoms with Gasteiger partial charge in [0, 0.05) is 0 Å². The first-order chi connectivity index (χ1) is 14.3. The lowest BCUT2D eigenvalue weighted by Crippen LogP contribution is -2.70. The Morgan fingerprint density at radius 1 is 0.727 bits per heavy atom. The van der Waals surface area contributed by atoms with E-state index < -0.39 is 72.5 Å². The molecule has 198 valence electrons. The van der Waals surface area contributed by atoms with Crippen molar-refractivity contribution in [2.45, 2.75) is 75.8 Å². The van der Waals surface area contributed by atoms with Gasteiger partial charge < -0.3 is 4.74 Å². The highest BCUT2D eigenvalue weighted by molar-refractivity contribution is 5.75. The number of rotatable bonds is 11. The van der Waals surface area contributed by atoms with Gasteiger partial charge in [0.25, 0.3) is 0 Å². The minimum absolute atomic E-state index is 0.0115. The fourth-order valence-electron chi connectivity index (χ4n) is 2.13. The molecule has 0 aliphatic heterocycles. The Bertz CT molecular complexity index is 682. The van der Waals surface area contributed by atoms with Crippen LogP contribution in [0.4, 0.5) is 65.9 Å². The number of hydrogen-bond donors (Lipinski definition) is 0. The Hall–Kier alpha value is -1.58. The molecule has 0 aromatic carbocycles. The Labute approximate surface area is 176 Å². The maximum absolute atomic E-state index is 13.9. The fourth-order valence-corrected chi connectivity index (χ4v) is 2.13. The van der Waals surface area contributed by atoms with Crippen molar-refractivity contribution in [2.24, 2.45) is 11.3 Å². The molecule has 17 heteroatoms. The van der Waals surface area contributed by atoms with Crippen LogP contribution in [0, 0.1) is 11.3 Å². The lowest BCUT2D eigenvalue weighted by Gasteiger charge is -2.41. The van der Waals surface area contributed by atoms with Crippen molar-refractivity contribution in [3.05, 3.63) is 0 Å². The van der Waals surface area contributed by atoms with E-state index >= 15 is 0 Å². The van der Waals surface area contributed by atoms with Gasteiger partial charge in [-0.2, -0.15) is 57.1 Å². The lowest BCUT2D eigenvalue weighted by atomic mass is 9.85. The maximum Gasteiger partial charge on any atom is 0.397 e. The Morgan fingerprint density at radius 2 is 1.12 bits per heavy atom. The van der Waals surface area contributed by atoms with Gasteiger partial charge in [-0.25, -0.2) is 8.78 Å². The van der Waals surface area contributed by atoms with Gasteiger partial charge in [-0.3, -0.25) is 4.79 Å². The van der Waals surface area contributed by atoms with Crippen molar-refractivity contribution in [1.29, 1.82) is 0 Å². The minimum atomic E-state index is -8.09. The van der Waals surface area contributed by atoms with Gasteiger partial charge in [0.1, 0.15) is 5.92 Å². The summed E-state index contributed by atoms with van der Waals surface area (Å²) in [5.41, 5.74) is -1.41. The second kappa shape index (κ2) is 9.23. The predicted octanol–water partition coefficient (Wildman–Crippen LogP) is 6.98. The summed E-state index contributed by atoms with van der Waals surface area (Å²) in [6.07, 6.45) is -14.7. The van der Waals surface area contributed by atoms with E-state index in [2.05, 4.69) is 4.74 Å². The molecule has 0 aromatic rings. The second-order valence-corrected chi connectivity index (χ2v) is 7.53. The predicted molar refractivity (Wildman–Crippen MR) is 79.9 cm³/mol. The molecule has 0 spiro atoms. The van der Waals surface area contributed by atoms with E-state index in [1.807, 2.05) is 0 Å². The summed E-state index contributed by atoms with van der Waals surface area (Å²) in [6.45, 7) is 1.98. The van der Waals surface area contributed by atoms with Gasteiger partial charge >= 0.3 is 48.2 Å². The third-order valence-corrected chi connectivity index (χ3v) is 4.81. The van der Waals surface area contributed by atoms with Crippen LogP contribution in [0.5, 0.6) is 0 Å². The molecule has 0 radical (unpaired) electrons. The zero-order valence-corrected chi connectivity index (χ0v) is 16.8. The molecule has 0 aliphatic rings. The van der Waals surface area contributed by atoms with Crippen molar-refractivity contribution in [1.82, 2.24) is 0 Å². The van der Waals surface area contributed by atoms with Crippen molar-refractivity contribution >= 4 is 5.97 Å². The summed E-state index contributed by atoms with van der Waals surface area (Å²) in [7, 11) is 0.